The van der Waals surface area contributed by atoms with Crippen LogP contribution < -0.4 is 10.6 Å². The quantitative estimate of drug-likeness (QED) is 0.106. The zero-order valence-electron chi connectivity index (χ0n) is 26.3. The zero-order valence-corrected chi connectivity index (χ0v) is 26.3. The largest absolute Gasteiger partial charge is 0.382 e. The molecule has 0 heterocycles. The summed E-state index contributed by atoms with van der Waals surface area (Å²) in [5.74, 6) is 0.289. The van der Waals surface area contributed by atoms with Gasteiger partial charge in [-0.05, 0) is 12.8 Å². The lowest BCUT2D eigenvalue weighted by molar-refractivity contribution is -0.913. The van der Waals surface area contributed by atoms with E-state index in [1.54, 1.807) is 0 Å². The first kappa shape index (κ1) is 36.8. The Bertz CT molecular complexity index is 546. The van der Waals surface area contributed by atoms with Gasteiger partial charge in [0.1, 0.15) is 13.1 Å². The third-order valence-corrected chi connectivity index (χ3v) is 7.50. The molecule has 0 saturated heterocycles. The Morgan fingerprint density at radius 3 is 1.24 bits per heavy atom. The molecule has 0 saturated carbocycles. The highest BCUT2D eigenvalue weighted by Gasteiger charge is 2.27. The highest BCUT2D eigenvalue weighted by molar-refractivity contribution is 5.76. The number of aliphatic hydroxyl groups is 1. The summed E-state index contributed by atoms with van der Waals surface area (Å²) in [6.45, 7) is 8.60. The maximum atomic E-state index is 12.1. The fourth-order valence-electron chi connectivity index (χ4n) is 5.04. The monoisotopic (exact) mass is 543 g/mol. The number of nitrogens with one attached hydrogen (secondary N) is 2. The van der Waals surface area contributed by atoms with Gasteiger partial charge in [0, 0.05) is 12.8 Å². The van der Waals surface area contributed by atoms with E-state index < -0.39 is 6.10 Å². The summed E-state index contributed by atoms with van der Waals surface area (Å²) in [5, 5.41) is 16.9. The lowest BCUT2D eigenvalue weighted by Crippen LogP contribution is -2.55. The summed E-state index contributed by atoms with van der Waals surface area (Å²) in [4.78, 5) is 24.3. The second-order valence-electron chi connectivity index (χ2n) is 12.8. The number of nitrogens with zero attached hydrogens (tertiary/aromatic N) is 2. The van der Waals surface area contributed by atoms with Gasteiger partial charge in [-0.1, -0.05) is 90.9 Å². The van der Waals surface area contributed by atoms with Gasteiger partial charge in [-0.15, -0.1) is 0 Å². The number of unbranched alkanes of at least 4 members (excludes halogenated alkanes) is 12. The molecule has 7 heteroatoms. The molecule has 0 unspecified atom stereocenters. The van der Waals surface area contributed by atoms with Crippen molar-refractivity contribution >= 4 is 11.8 Å². The van der Waals surface area contributed by atoms with Gasteiger partial charge in [0.05, 0.1) is 54.4 Å². The van der Waals surface area contributed by atoms with Crippen LogP contribution >= 0.6 is 0 Å². The standard InChI is InChI=1S/C31H64N4O3/c1-7-9-11-13-15-17-19-21-30(37)32-23-25-34(3,4)27-29(36)28-35(5,6)26-24-33-31(38)22-20-18-16-14-12-10-8-2/h29,36H,7-28H2,1-6H3/p+2. The SMILES string of the molecule is CCCCCCCCCC(=O)NCC[N+](C)(C)CC(O)C[N+](C)(C)CCNC(=O)CCCCCCCCC. The number of likely N-dealkylation sites (N-methyl/N-ethyl adjacent to an activating group) is 2. The molecule has 3 N–H and O–H groups in total. The minimum atomic E-state index is -0.438. The van der Waals surface area contributed by atoms with Crippen LogP contribution in [0.1, 0.15) is 117 Å². The normalized spacial score (nSPS) is 12.2. The van der Waals surface area contributed by atoms with Crippen molar-refractivity contribution in [3.05, 3.63) is 0 Å². The van der Waals surface area contributed by atoms with Crippen LogP contribution in [0.3, 0.4) is 0 Å². The average Bonchev–Trinajstić information content (AvgIpc) is 2.81. The van der Waals surface area contributed by atoms with Gasteiger partial charge < -0.3 is 24.7 Å². The van der Waals surface area contributed by atoms with E-state index in [2.05, 4.69) is 52.7 Å². The molecule has 0 fully saturated rings. The molecular formula is C31H66N4O3+2. The summed E-state index contributed by atoms with van der Waals surface area (Å²) in [6.07, 6.45) is 17.9. The van der Waals surface area contributed by atoms with E-state index in [1.807, 2.05) is 0 Å². The molecule has 226 valence electrons. The number of carbonyl (C=O) groups excluding carboxylic acids is 2. The third-order valence-electron chi connectivity index (χ3n) is 7.50. The van der Waals surface area contributed by atoms with Gasteiger partial charge in [0.15, 0.2) is 6.10 Å². The first-order valence-corrected chi connectivity index (χ1v) is 15.9. The van der Waals surface area contributed by atoms with Crippen molar-refractivity contribution in [2.45, 2.75) is 123 Å². The summed E-state index contributed by atoms with van der Waals surface area (Å²) in [5.41, 5.74) is 0. The van der Waals surface area contributed by atoms with E-state index in [-0.39, 0.29) is 11.8 Å². The number of quaternary nitrogens is 2. The molecule has 0 aliphatic heterocycles. The fraction of sp³-hybridized carbons (Fsp3) is 0.935. The van der Waals surface area contributed by atoms with E-state index in [0.29, 0.717) is 48.0 Å². The zero-order chi connectivity index (χ0) is 28.7. The minimum absolute atomic E-state index is 0.144. The number of hydrogen-bond donors (Lipinski definition) is 3. The lowest BCUT2D eigenvalue weighted by atomic mass is 10.1. The number of rotatable bonds is 26. The minimum Gasteiger partial charge on any atom is -0.382 e. The predicted molar refractivity (Wildman–Crippen MR) is 161 cm³/mol. The average molecular weight is 543 g/mol. The maximum absolute atomic E-state index is 12.1. The van der Waals surface area contributed by atoms with E-state index >= 15 is 0 Å². The number of amides is 2. The van der Waals surface area contributed by atoms with E-state index in [1.165, 1.54) is 64.2 Å². The summed E-state index contributed by atoms with van der Waals surface area (Å²) >= 11 is 0. The summed E-state index contributed by atoms with van der Waals surface area (Å²) in [6, 6.07) is 0. The summed E-state index contributed by atoms with van der Waals surface area (Å²) in [7, 11) is 8.43. The van der Waals surface area contributed by atoms with Crippen LogP contribution in [0.15, 0.2) is 0 Å². The maximum Gasteiger partial charge on any atom is 0.220 e. The Labute approximate surface area is 236 Å². The van der Waals surface area contributed by atoms with Gasteiger partial charge in [0.25, 0.3) is 0 Å². The Hall–Kier alpha value is -1.18. The summed E-state index contributed by atoms with van der Waals surface area (Å²) < 4.78 is 1.32. The van der Waals surface area contributed by atoms with Crippen molar-refractivity contribution in [3.63, 3.8) is 0 Å². The molecule has 0 bridgehead atoms. The molecule has 0 aliphatic carbocycles. The van der Waals surface area contributed by atoms with Crippen LogP contribution in [0.2, 0.25) is 0 Å². The van der Waals surface area contributed by atoms with Gasteiger partial charge in [-0.25, -0.2) is 0 Å². The molecule has 0 rings (SSSR count). The highest BCUT2D eigenvalue weighted by Crippen LogP contribution is 2.10. The van der Waals surface area contributed by atoms with Gasteiger partial charge >= 0.3 is 0 Å². The van der Waals surface area contributed by atoms with E-state index in [0.717, 1.165) is 38.8 Å². The molecule has 2 amide bonds. The van der Waals surface area contributed by atoms with Gasteiger partial charge in [-0.3, -0.25) is 9.59 Å². The molecule has 0 aromatic heterocycles. The molecule has 0 aliphatic rings. The Kier molecular flexibility index (Phi) is 21.9. The Balaban J connectivity index is 3.99. The van der Waals surface area contributed by atoms with Crippen LogP contribution in [-0.2, 0) is 9.59 Å². The van der Waals surface area contributed by atoms with Crippen LogP contribution in [0.4, 0.5) is 0 Å². The molecule has 0 spiro atoms. The van der Waals surface area contributed by atoms with Crippen molar-refractivity contribution in [3.8, 4) is 0 Å². The topological polar surface area (TPSA) is 78.4 Å². The van der Waals surface area contributed by atoms with Gasteiger partial charge in [-0.2, -0.15) is 0 Å². The van der Waals surface area contributed by atoms with Crippen LogP contribution in [0.5, 0.6) is 0 Å². The first-order valence-electron chi connectivity index (χ1n) is 15.9. The smallest absolute Gasteiger partial charge is 0.220 e. The fourth-order valence-corrected chi connectivity index (χ4v) is 5.04. The van der Waals surface area contributed by atoms with E-state index in [4.69, 9.17) is 0 Å². The van der Waals surface area contributed by atoms with Crippen LogP contribution in [0.25, 0.3) is 0 Å². The molecule has 0 radical (unpaired) electrons. The number of carbonyl (C=O) groups is 2. The van der Waals surface area contributed by atoms with Gasteiger partial charge in [0.2, 0.25) is 11.8 Å². The van der Waals surface area contributed by atoms with Crippen molar-refractivity contribution < 1.29 is 23.7 Å². The Morgan fingerprint density at radius 1 is 0.579 bits per heavy atom. The van der Waals surface area contributed by atoms with Crippen molar-refractivity contribution in [1.29, 1.82) is 0 Å². The first-order chi connectivity index (χ1) is 18.0. The van der Waals surface area contributed by atoms with Crippen LogP contribution in [0, 0.1) is 0 Å². The molecule has 0 aromatic rings. The van der Waals surface area contributed by atoms with Crippen molar-refractivity contribution in [1.82, 2.24) is 10.6 Å². The molecule has 38 heavy (non-hydrogen) atoms. The second kappa shape index (κ2) is 22.6. The lowest BCUT2D eigenvalue weighted by Gasteiger charge is -2.36. The number of aliphatic hydroxyl groups excluding tert-OH is 1. The molecule has 0 atom stereocenters. The highest BCUT2D eigenvalue weighted by atomic mass is 16.3. The Morgan fingerprint density at radius 2 is 0.895 bits per heavy atom. The predicted octanol–water partition coefficient (Wildman–Crippen LogP) is 5.01. The third kappa shape index (κ3) is 23.9. The van der Waals surface area contributed by atoms with Crippen molar-refractivity contribution in [2.24, 2.45) is 0 Å². The van der Waals surface area contributed by atoms with Crippen molar-refractivity contribution in [2.75, 3.05) is 67.5 Å². The second-order valence-corrected chi connectivity index (χ2v) is 12.8. The molecule has 0 aromatic carbocycles. The molecular weight excluding hydrogens is 476 g/mol. The molecule has 7 nitrogen and oxygen atoms in total. The van der Waals surface area contributed by atoms with E-state index in [9.17, 15) is 14.7 Å². The van der Waals surface area contributed by atoms with Crippen LogP contribution in [-0.4, -0.2) is 99.5 Å². The number of hydrogen-bond acceptors (Lipinski definition) is 3.